The van der Waals surface area contributed by atoms with Crippen LogP contribution in [0, 0.1) is 13.8 Å². The summed E-state index contributed by atoms with van der Waals surface area (Å²) >= 11 is 0. The van der Waals surface area contributed by atoms with Gasteiger partial charge in [-0.3, -0.25) is 24.2 Å². The second-order valence-electron chi connectivity index (χ2n) is 8.57. The lowest BCUT2D eigenvalue weighted by molar-refractivity contribution is -0.117. The van der Waals surface area contributed by atoms with Crippen molar-refractivity contribution in [2.24, 2.45) is 0 Å². The number of anilines is 1. The van der Waals surface area contributed by atoms with Crippen LogP contribution in [0.15, 0.2) is 42.5 Å². The largest absolute Gasteiger partial charge is 0.325 e. The zero-order valence-electron chi connectivity index (χ0n) is 18.8. The molecule has 0 radical (unpaired) electrons. The van der Waals surface area contributed by atoms with E-state index in [0.717, 1.165) is 56.0 Å². The molecular formula is C25H30N4O3. The standard InChI is InChI=1S/C25H30N4O3/c1-18-7-5-10-22(19(18)2)26-23(30)17-28-15-13-27(14-16-28)11-6-12-29-24(31)20-8-3-4-9-21(20)25(29)32/h3-5,7-10H,6,11-17H2,1-2H3,(H,26,30). The van der Waals surface area contributed by atoms with Crippen molar-refractivity contribution in [3.05, 3.63) is 64.7 Å². The van der Waals surface area contributed by atoms with Crippen molar-refractivity contribution in [1.29, 1.82) is 0 Å². The number of aryl methyl sites for hydroxylation is 1. The summed E-state index contributed by atoms with van der Waals surface area (Å²) in [5.74, 6) is -0.367. The zero-order valence-corrected chi connectivity index (χ0v) is 18.8. The number of hydrogen-bond acceptors (Lipinski definition) is 5. The lowest BCUT2D eigenvalue weighted by Gasteiger charge is -2.34. The molecule has 32 heavy (non-hydrogen) atoms. The third kappa shape index (κ3) is 4.74. The second-order valence-corrected chi connectivity index (χ2v) is 8.57. The maximum atomic E-state index is 12.5. The molecule has 7 nitrogen and oxygen atoms in total. The fraction of sp³-hybridized carbons (Fsp3) is 0.400. The molecule has 2 aromatic rings. The number of amides is 3. The Bertz CT molecular complexity index is 993. The number of carbonyl (C=O) groups is 3. The van der Waals surface area contributed by atoms with Crippen LogP contribution in [0.2, 0.25) is 0 Å². The van der Waals surface area contributed by atoms with Crippen LogP contribution in [0.4, 0.5) is 5.69 Å². The number of benzene rings is 2. The van der Waals surface area contributed by atoms with E-state index in [2.05, 4.69) is 15.1 Å². The van der Waals surface area contributed by atoms with Crippen molar-refractivity contribution in [2.45, 2.75) is 20.3 Å². The second kappa shape index (κ2) is 9.63. The SMILES string of the molecule is Cc1cccc(NC(=O)CN2CCN(CCCN3C(=O)c4ccccc4C3=O)CC2)c1C. The zero-order chi connectivity index (χ0) is 22.7. The van der Waals surface area contributed by atoms with Gasteiger partial charge in [0.25, 0.3) is 11.8 Å². The molecule has 0 aliphatic carbocycles. The van der Waals surface area contributed by atoms with Crippen molar-refractivity contribution in [2.75, 3.05) is 51.1 Å². The smallest absolute Gasteiger partial charge is 0.261 e. The average molecular weight is 435 g/mol. The van der Waals surface area contributed by atoms with Crippen LogP contribution in [0.5, 0.6) is 0 Å². The third-order valence-electron chi connectivity index (χ3n) is 6.45. The predicted octanol–water partition coefficient (Wildman–Crippen LogP) is 2.55. The Balaban J connectivity index is 1.18. The molecule has 0 aromatic heterocycles. The molecule has 0 saturated carbocycles. The minimum Gasteiger partial charge on any atom is -0.325 e. The molecule has 2 aliphatic heterocycles. The van der Waals surface area contributed by atoms with Crippen molar-refractivity contribution >= 4 is 23.4 Å². The fourth-order valence-corrected chi connectivity index (χ4v) is 4.34. The summed E-state index contributed by atoms with van der Waals surface area (Å²) in [6.45, 7) is 9.11. The minimum atomic E-state index is -0.190. The van der Waals surface area contributed by atoms with Crippen LogP contribution in [0.25, 0.3) is 0 Å². The quantitative estimate of drug-likeness (QED) is 0.678. The molecule has 2 heterocycles. The lowest BCUT2D eigenvalue weighted by Crippen LogP contribution is -2.49. The van der Waals surface area contributed by atoms with E-state index in [1.165, 1.54) is 4.90 Å². The van der Waals surface area contributed by atoms with Crippen LogP contribution in [-0.2, 0) is 4.79 Å². The Morgan fingerprint density at radius 3 is 2.12 bits per heavy atom. The van der Waals surface area contributed by atoms with Crippen LogP contribution < -0.4 is 5.32 Å². The molecule has 4 rings (SSSR count). The van der Waals surface area contributed by atoms with E-state index in [-0.39, 0.29) is 17.7 Å². The van der Waals surface area contributed by atoms with E-state index in [9.17, 15) is 14.4 Å². The highest BCUT2D eigenvalue weighted by atomic mass is 16.2. The highest BCUT2D eigenvalue weighted by Crippen LogP contribution is 2.22. The summed E-state index contributed by atoms with van der Waals surface area (Å²) in [5, 5.41) is 3.03. The molecule has 0 bridgehead atoms. The van der Waals surface area contributed by atoms with Gasteiger partial charge in [-0.05, 0) is 56.1 Å². The molecule has 3 amide bonds. The summed E-state index contributed by atoms with van der Waals surface area (Å²) in [4.78, 5) is 43.2. The summed E-state index contributed by atoms with van der Waals surface area (Å²) in [6, 6.07) is 12.9. The van der Waals surface area contributed by atoms with E-state index >= 15 is 0 Å². The first-order chi connectivity index (χ1) is 15.4. The maximum Gasteiger partial charge on any atom is 0.261 e. The molecule has 0 unspecified atom stereocenters. The number of nitrogens with zero attached hydrogens (tertiary/aromatic N) is 3. The van der Waals surface area contributed by atoms with Crippen LogP contribution in [0.1, 0.15) is 38.3 Å². The Morgan fingerprint density at radius 1 is 0.844 bits per heavy atom. The topological polar surface area (TPSA) is 73.0 Å². The molecule has 2 aromatic carbocycles. The van der Waals surface area contributed by atoms with Gasteiger partial charge in [0.15, 0.2) is 0 Å². The summed E-state index contributed by atoms with van der Waals surface area (Å²) in [5.41, 5.74) is 4.15. The highest BCUT2D eigenvalue weighted by molar-refractivity contribution is 6.21. The summed E-state index contributed by atoms with van der Waals surface area (Å²) < 4.78 is 0. The number of hydrogen-bond donors (Lipinski definition) is 1. The van der Waals surface area contributed by atoms with Crippen LogP contribution >= 0.6 is 0 Å². The van der Waals surface area contributed by atoms with Gasteiger partial charge in [0.1, 0.15) is 0 Å². The number of fused-ring (bicyclic) bond motifs is 1. The van der Waals surface area contributed by atoms with Gasteiger partial charge in [0.05, 0.1) is 17.7 Å². The van der Waals surface area contributed by atoms with Crippen molar-refractivity contribution < 1.29 is 14.4 Å². The van der Waals surface area contributed by atoms with E-state index in [1.807, 2.05) is 32.0 Å². The first-order valence-electron chi connectivity index (χ1n) is 11.2. The van der Waals surface area contributed by atoms with Gasteiger partial charge in [0, 0.05) is 38.4 Å². The third-order valence-corrected chi connectivity index (χ3v) is 6.45. The Morgan fingerprint density at radius 2 is 1.47 bits per heavy atom. The van der Waals surface area contributed by atoms with Crippen molar-refractivity contribution in [3.8, 4) is 0 Å². The van der Waals surface area contributed by atoms with Gasteiger partial charge in [-0.25, -0.2) is 0 Å². The average Bonchev–Trinajstić information content (AvgIpc) is 3.03. The normalized spacial score (nSPS) is 17.0. The first-order valence-corrected chi connectivity index (χ1v) is 11.2. The Kier molecular flexibility index (Phi) is 6.67. The van der Waals surface area contributed by atoms with E-state index in [4.69, 9.17) is 0 Å². The molecule has 168 valence electrons. The lowest BCUT2D eigenvalue weighted by atomic mass is 10.1. The fourth-order valence-electron chi connectivity index (χ4n) is 4.34. The number of nitrogens with one attached hydrogen (secondary N) is 1. The molecule has 2 aliphatic rings. The van der Waals surface area contributed by atoms with Crippen LogP contribution in [0.3, 0.4) is 0 Å². The molecule has 1 fully saturated rings. The predicted molar refractivity (Wildman–Crippen MR) is 124 cm³/mol. The van der Waals surface area contributed by atoms with E-state index in [1.54, 1.807) is 24.3 Å². The molecule has 7 heteroatoms. The van der Waals surface area contributed by atoms with Crippen molar-refractivity contribution in [3.63, 3.8) is 0 Å². The Labute approximate surface area is 189 Å². The van der Waals surface area contributed by atoms with Gasteiger partial charge < -0.3 is 10.2 Å². The van der Waals surface area contributed by atoms with Crippen molar-refractivity contribution in [1.82, 2.24) is 14.7 Å². The molecular weight excluding hydrogens is 404 g/mol. The summed E-state index contributed by atoms with van der Waals surface area (Å²) in [6.07, 6.45) is 0.749. The number of rotatable bonds is 7. The van der Waals surface area contributed by atoms with E-state index in [0.29, 0.717) is 24.2 Å². The first kappa shape index (κ1) is 22.2. The number of carbonyl (C=O) groups excluding carboxylic acids is 3. The molecule has 1 saturated heterocycles. The highest BCUT2D eigenvalue weighted by Gasteiger charge is 2.34. The van der Waals surface area contributed by atoms with Crippen LogP contribution in [-0.4, -0.2) is 78.2 Å². The van der Waals surface area contributed by atoms with Gasteiger partial charge in [-0.15, -0.1) is 0 Å². The monoisotopic (exact) mass is 434 g/mol. The van der Waals surface area contributed by atoms with Gasteiger partial charge >= 0.3 is 0 Å². The number of piperazine rings is 1. The van der Waals surface area contributed by atoms with Gasteiger partial charge in [-0.2, -0.15) is 0 Å². The maximum absolute atomic E-state index is 12.5. The number of imide groups is 1. The Hall–Kier alpha value is -3.03. The van der Waals surface area contributed by atoms with Gasteiger partial charge in [-0.1, -0.05) is 24.3 Å². The molecule has 0 spiro atoms. The molecule has 1 N–H and O–H groups in total. The summed E-state index contributed by atoms with van der Waals surface area (Å²) in [7, 11) is 0. The minimum absolute atomic E-state index is 0.0118. The van der Waals surface area contributed by atoms with Gasteiger partial charge in [0.2, 0.25) is 5.91 Å². The molecule has 0 atom stereocenters. The van der Waals surface area contributed by atoms with E-state index < -0.39 is 0 Å².